The van der Waals surface area contributed by atoms with Crippen molar-refractivity contribution in [1.82, 2.24) is 4.98 Å². The molecule has 0 spiro atoms. The predicted octanol–water partition coefficient (Wildman–Crippen LogP) is 1.79. The first kappa shape index (κ1) is 8.45. The summed E-state index contributed by atoms with van der Waals surface area (Å²) in [5.74, 6) is 0. The van der Waals surface area contributed by atoms with E-state index in [1.54, 1.807) is 0 Å². The number of pyridine rings is 1. The summed E-state index contributed by atoms with van der Waals surface area (Å²) in [6, 6.07) is 0. The van der Waals surface area contributed by atoms with Gasteiger partial charge < -0.3 is 5.11 Å². The van der Waals surface area contributed by atoms with Crippen molar-refractivity contribution in [2.75, 3.05) is 0 Å². The molecule has 0 aliphatic heterocycles. The van der Waals surface area contributed by atoms with Crippen LogP contribution >= 0.6 is 0 Å². The van der Waals surface area contributed by atoms with E-state index in [0.717, 1.165) is 30.4 Å². The summed E-state index contributed by atoms with van der Waals surface area (Å²) in [6.45, 7) is 3.70. The number of aromatic nitrogens is 1. The number of aliphatic hydroxyl groups is 1. The van der Waals surface area contributed by atoms with Gasteiger partial charge in [-0.05, 0) is 36.0 Å². The van der Waals surface area contributed by atoms with Crippen molar-refractivity contribution >= 4 is 0 Å². The van der Waals surface area contributed by atoms with Crippen molar-refractivity contribution < 1.29 is 5.11 Å². The zero-order chi connectivity index (χ0) is 9.26. The molecule has 2 heteroatoms. The highest BCUT2D eigenvalue weighted by molar-refractivity contribution is 5.38. The highest BCUT2D eigenvalue weighted by Crippen LogP contribution is 2.32. The average molecular weight is 175 g/mol. The Kier molecular flexibility index (Phi) is 2.15. The van der Waals surface area contributed by atoms with E-state index in [9.17, 15) is 5.11 Å². The first-order chi connectivity index (χ1) is 6.33. The van der Waals surface area contributed by atoms with Crippen LogP contribution in [-0.2, 0) is 12.8 Å². The van der Waals surface area contributed by atoms with Gasteiger partial charge in [-0.1, -0.05) is 6.08 Å². The van der Waals surface area contributed by atoms with E-state index < -0.39 is 0 Å². The van der Waals surface area contributed by atoms with Crippen LogP contribution in [-0.4, -0.2) is 10.1 Å². The molecule has 1 heterocycles. The van der Waals surface area contributed by atoms with Crippen molar-refractivity contribution in [3.8, 4) is 0 Å². The van der Waals surface area contributed by atoms with Crippen molar-refractivity contribution in [2.45, 2.75) is 25.4 Å². The average Bonchev–Trinajstić information content (AvgIpc) is 2.50. The van der Waals surface area contributed by atoms with E-state index in [1.165, 1.54) is 5.56 Å². The van der Waals surface area contributed by atoms with Crippen LogP contribution in [0.1, 0.15) is 29.2 Å². The third kappa shape index (κ3) is 1.38. The molecule has 1 atom stereocenters. The Balaban J connectivity index is 2.46. The van der Waals surface area contributed by atoms with Crippen molar-refractivity contribution in [2.24, 2.45) is 0 Å². The van der Waals surface area contributed by atoms with E-state index in [1.807, 2.05) is 18.5 Å². The summed E-state index contributed by atoms with van der Waals surface area (Å²) in [5, 5.41) is 9.73. The van der Waals surface area contributed by atoms with Gasteiger partial charge in [0.05, 0.1) is 6.10 Å². The summed E-state index contributed by atoms with van der Waals surface area (Å²) in [5.41, 5.74) is 3.42. The van der Waals surface area contributed by atoms with E-state index in [0.29, 0.717) is 0 Å². The molecule has 1 N–H and O–H groups in total. The van der Waals surface area contributed by atoms with Crippen LogP contribution in [0.4, 0.5) is 0 Å². The highest BCUT2D eigenvalue weighted by Gasteiger charge is 2.22. The molecular formula is C11H13NO. The summed E-state index contributed by atoms with van der Waals surface area (Å²) < 4.78 is 0. The van der Waals surface area contributed by atoms with Crippen LogP contribution in [0.5, 0.6) is 0 Å². The number of rotatable bonds is 2. The molecule has 0 amide bonds. The standard InChI is InChI=1S/C11H13NO/c1-2-3-8-6-12-7-9-4-5-10(13)11(8)9/h2,6-7,10,13H,1,3-5H2. The lowest BCUT2D eigenvalue weighted by Crippen LogP contribution is -1.98. The largest absolute Gasteiger partial charge is 0.388 e. The quantitative estimate of drug-likeness (QED) is 0.695. The maximum atomic E-state index is 9.73. The lowest BCUT2D eigenvalue weighted by molar-refractivity contribution is 0.179. The van der Waals surface area contributed by atoms with Gasteiger partial charge in [-0.15, -0.1) is 6.58 Å². The Morgan fingerprint density at radius 2 is 2.46 bits per heavy atom. The van der Waals surface area contributed by atoms with Crippen LogP contribution in [0, 0.1) is 0 Å². The van der Waals surface area contributed by atoms with E-state index in [4.69, 9.17) is 0 Å². The molecule has 0 aromatic carbocycles. The fourth-order valence-corrected chi connectivity index (χ4v) is 1.94. The molecule has 1 unspecified atom stereocenters. The monoisotopic (exact) mass is 175 g/mol. The lowest BCUT2D eigenvalue weighted by Gasteiger charge is -2.08. The van der Waals surface area contributed by atoms with Crippen molar-refractivity contribution in [3.63, 3.8) is 0 Å². The molecule has 0 fully saturated rings. The lowest BCUT2D eigenvalue weighted by atomic mass is 10.0. The molecule has 1 aromatic heterocycles. The van der Waals surface area contributed by atoms with Gasteiger partial charge in [-0.25, -0.2) is 0 Å². The maximum absolute atomic E-state index is 9.73. The summed E-state index contributed by atoms with van der Waals surface area (Å²) in [6.07, 6.45) is 7.84. The van der Waals surface area contributed by atoms with Gasteiger partial charge >= 0.3 is 0 Å². The Labute approximate surface area is 77.9 Å². The number of hydrogen-bond acceptors (Lipinski definition) is 2. The Bertz CT molecular complexity index is 333. The molecular weight excluding hydrogens is 162 g/mol. The summed E-state index contributed by atoms with van der Waals surface area (Å²) in [4.78, 5) is 4.15. The normalized spacial score (nSPS) is 19.9. The second kappa shape index (κ2) is 3.30. The van der Waals surface area contributed by atoms with Crippen molar-refractivity contribution in [1.29, 1.82) is 0 Å². The Morgan fingerprint density at radius 3 is 3.23 bits per heavy atom. The first-order valence-corrected chi connectivity index (χ1v) is 4.57. The molecule has 1 aliphatic carbocycles. The van der Waals surface area contributed by atoms with E-state index in [2.05, 4.69) is 11.6 Å². The Hall–Kier alpha value is -1.15. The van der Waals surface area contributed by atoms with Gasteiger partial charge in [0.25, 0.3) is 0 Å². The number of aryl methyl sites for hydroxylation is 1. The summed E-state index contributed by atoms with van der Waals surface area (Å²) in [7, 11) is 0. The maximum Gasteiger partial charge on any atom is 0.0799 e. The number of fused-ring (bicyclic) bond motifs is 1. The topological polar surface area (TPSA) is 33.1 Å². The first-order valence-electron chi connectivity index (χ1n) is 4.57. The Morgan fingerprint density at radius 1 is 1.62 bits per heavy atom. The van der Waals surface area contributed by atoms with Gasteiger partial charge in [0.2, 0.25) is 0 Å². The van der Waals surface area contributed by atoms with E-state index in [-0.39, 0.29) is 6.10 Å². The molecule has 0 bridgehead atoms. The van der Waals surface area contributed by atoms with Gasteiger partial charge in [0.15, 0.2) is 0 Å². The van der Waals surface area contributed by atoms with Gasteiger partial charge in [0, 0.05) is 12.4 Å². The van der Waals surface area contributed by atoms with Gasteiger partial charge in [-0.2, -0.15) is 0 Å². The van der Waals surface area contributed by atoms with Crippen LogP contribution < -0.4 is 0 Å². The number of allylic oxidation sites excluding steroid dienone is 1. The smallest absolute Gasteiger partial charge is 0.0799 e. The van der Waals surface area contributed by atoms with Crippen LogP contribution in [0.3, 0.4) is 0 Å². The van der Waals surface area contributed by atoms with Crippen LogP contribution in [0.2, 0.25) is 0 Å². The third-order valence-corrected chi connectivity index (χ3v) is 2.54. The minimum Gasteiger partial charge on any atom is -0.388 e. The minimum absolute atomic E-state index is 0.284. The third-order valence-electron chi connectivity index (χ3n) is 2.54. The molecule has 0 saturated heterocycles. The van der Waals surface area contributed by atoms with Crippen LogP contribution in [0.25, 0.3) is 0 Å². The molecule has 0 radical (unpaired) electrons. The van der Waals surface area contributed by atoms with E-state index >= 15 is 0 Å². The van der Waals surface area contributed by atoms with Crippen molar-refractivity contribution in [3.05, 3.63) is 41.7 Å². The number of hydrogen-bond donors (Lipinski definition) is 1. The SMILES string of the molecule is C=CCc1cncc2c1C(O)CC2. The summed E-state index contributed by atoms with van der Waals surface area (Å²) >= 11 is 0. The fraction of sp³-hybridized carbons (Fsp3) is 0.364. The second-order valence-corrected chi connectivity index (χ2v) is 3.42. The number of aliphatic hydroxyl groups excluding tert-OH is 1. The zero-order valence-corrected chi connectivity index (χ0v) is 7.53. The minimum atomic E-state index is -0.284. The highest BCUT2D eigenvalue weighted by atomic mass is 16.3. The molecule has 1 aliphatic rings. The van der Waals surface area contributed by atoms with Crippen LogP contribution in [0.15, 0.2) is 25.0 Å². The second-order valence-electron chi connectivity index (χ2n) is 3.42. The fourth-order valence-electron chi connectivity index (χ4n) is 1.94. The van der Waals surface area contributed by atoms with Gasteiger partial charge in [0.1, 0.15) is 0 Å². The molecule has 2 rings (SSSR count). The molecule has 1 aromatic rings. The molecule has 0 saturated carbocycles. The number of nitrogens with zero attached hydrogens (tertiary/aromatic N) is 1. The van der Waals surface area contributed by atoms with Gasteiger partial charge in [-0.3, -0.25) is 4.98 Å². The molecule has 13 heavy (non-hydrogen) atoms. The molecule has 68 valence electrons. The molecule has 2 nitrogen and oxygen atoms in total. The predicted molar refractivity (Wildman–Crippen MR) is 51.4 cm³/mol. The zero-order valence-electron chi connectivity index (χ0n) is 7.53.